The lowest BCUT2D eigenvalue weighted by Crippen LogP contribution is -2.24. The van der Waals surface area contributed by atoms with Gasteiger partial charge in [-0.05, 0) is 42.7 Å². The van der Waals surface area contributed by atoms with E-state index >= 15 is 0 Å². The maximum atomic E-state index is 11.0. The number of carboxylic acids is 1. The summed E-state index contributed by atoms with van der Waals surface area (Å²) in [6.45, 7) is 0.892. The van der Waals surface area contributed by atoms with Gasteiger partial charge in [0.1, 0.15) is 0 Å². The minimum Gasteiger partial charge on any atom is -0.478 e. The van der Waals surface area contributed by atoms with E-state index in [4.69, 9.17) is 16.7 Å². The van der Waals surface area contributed by atoms with Crippen LogP contribution in [0.3, 0.4) is 0 Å². The number of carbonyl (C=O) groups is 1. The molecule has 2 aromatic carbocycles. The molecule has 0 unspecified atom stereocenters. The summed E-state index contributed by atoms with van der Waals surface area (Å²) in [7, 11) is 0. The molecule has 3 nitrogen and oxygen atoms in total. The molecular weight excluding hydrogens is 274 g/mol. The van der Waals surface area contributed by atoms with Gasteiger partial charge in [0.15, 0.2) is 0 Å². The Hall–Kier alpha value is -2.00. The SMILES string of the molecule is O=C(O)c1ccc(N2CCCc3ccccc32)c(Cl)c1. The zero-order valence-electron chi connectivity index (χ0n) is 10.8. The molecule has 1 aliphatic rings. The molecule has 0 atom stereocenters. The van der Waals surface area contributed by atoms with E-state index in [2.05, 4.69) is 17.0 Å². The van der Waals surface area contributed by atoms with Gasteiger partial charge in [0.05, 0.1) is 16.3 Å². The van der Waals surface area contributed by atoms with Crippen LogP contribution in [0.15, 0.2) is 42.5 Å². The lowest BCUT2D eigenvalue weighted by atomic mass is 10.0. The predicted molar refractivity (Wildman–Crippen MR) is 80.2 cm³/mol. The number of aromatic carboxylic acids is 1. The second-order valence-electron chi connectivity index (χ2n) is 4.86. The van der Waals surface area contributed by atoms with E-state index in [0.717, 1.165) is 30.8 Å². The van der Waals surface area contributed by atoms with E-state index in [0.29, 0.717) is 5.02 Å². The highest BCUT2D eigenvalue weighted by atomic mass is 35.5. The molecule has 4 heteroatoms. The summed E-state index contributed by atoms with van der Waals surface area (Å²) in [5.74, 6) is -0.961. The molecule has 1 heterocycles. The number of para-hydroxylation sites is 1. The molecule has 0 saturated carbocycles. The molecule has 0 saturated heterocycles. The first-order valence-electron chi connectivity index (χ1n) is 6.55. The van der Waals surface area contributed by atoms with Crippen molar-refractivity contribution in [1.29, 1.82) is 0 Å². The molecular formula is C16H14ClNO2. The minimum atomic E-state index is -0.961. The molecule has 1 N–H and O–H groups in total. The fraction of sp³-hybridized carbons (Fsp3) is 0.188. The molecule has 20 heavy (non-hydrogen) atoms. The van der Waals surface area contributed by atoms with Crippen LogP contribution in [0.25, 0.3) is 0 Å². The highest BCUT2D eigenvalue weighted by Gasteiger charge is 2.20. The molecule has 0 spiro atoms. The molecule has 0 bridgehead atoms. The standard InChI is InChI=1S/C16H14ClNO2/c17-13-10-12(16(19)20)7-8-15(13)18-9-3-5-11-4-1-2-6-14(11)18/h1-2,4,6-8,10H,3,5,9H2,(H,19,20). The van der Waals surface area contributed by atoms with Gasteiger partial charge in [-0.25, -0.2) is 4.79 Å². The first-order chi connectivity index (χ1) is 9.66. The van der Waals surface area contributed by atoms with Crippen LogP contribution in [0.4, 0.5) is 11.4 Å². The van der Waals surface area contributed by atoms with Gasteiger partial charge in [0.2, 0.25) is 0 Å². The monoisotopic (exact) mass is 287 g/mol. The van der Waals surface area contributed by atoms with E-state index in [-0.39, 0.29) is 5.56 Å². The van der Waals surface area contributed by atoms with Gasteiger partial charge in [-0.1, -0.05) is 29.8 Å². The summed E-state index contributed by atoms with van der Waals surface area (Å²) >= 11 is 6.27. The van der Waals surface area contributed by atoms with E-state index in [1.165, 1.54) is 11.6 Å². The van der Waals surface area contributed by atoms with Gasteiger partial charge in [-0.2, -0.15) is 0 Å². The summed E-state index contributed by atoms with van der Waals surface area (Å²) in [6, 6.07) is 13.1. The largest absolute Gasteiger partial charge is 0.478 e. The molecule has 0 aliphatic carbocycles. The lowest BCUT2D eigenvalue weighted by Gasteiger charge is -2.32. The average Bonchev–Trinajstić information content (AvgIpc) is 2.46. The van der Waals surface area contributed by atoms with Crippen molar-refractivity contribution in [2.75, 3.05) is 11.4 Å². The van der Waals surface area contributed by atoms with E-state index < -0.39 is 5.97 Å². The number of carboxylic acid groups (broad SMARTS) is 1. The zero-order valence-corrected chi connectivity index (χ0v) is 11.6. The van der Waals surface area contributed by atoms with E-state index in [9.17, 15) is 4.79 Å². The Morgan fingerprint density at radius 2 is 1.95 bits per heavy atom. The topological polar surface area (TPSA) is 40.5 Å². The van der Waals surface area contributed by atoms with Crippen LogP contribution in [0.5, 0.6) is 0 Å². The van der Waals surface area contributed by atoms with Crippen molar-refractivity contribution >= 4 is 28.9 Å². The highest BCUT2D eigenvalue weighted by Crippen LogP contribution is 2.37. The summed E-state index contributed by atoms with van der Waals surface area (Å²) in [4.78, 5) is 13.1. The van der Waals surface area contributed by atoms with Gasteiger partial charge in [-0.3, -0.25) is 0 Å². The molecule has 0 fully saturated rings. The van der Waals surface area contributed by atoms with Crippen LogP contribution in [-0.4, -0.2) is 17.6 Å². The van der Waals surface area contributed by atoms with E-state index in [1.807, 2.05) is 12.1 Å². The number of hydrogen-bond donors (Lipinski definition) is 1. The van der Waals surface area contributed by atoms with Crippen molar-refractivity contribution < 1.29 is 9.90 Å². The van der Waals surface area contributed by atoms with Crippen LogP contribution in [0.1, 0.15) is 22.3 Å². The minimum absolute atomic E-state index is 0.212. The number of fused-ring (bicyclic) bond motifs is 1. The Morgan fingerprint density at radius 3 is 2.70 bits per heavy atom. The fourth-order valence-corrected chi connectivity index (χ4v) is 2.93. The van der Waals surface area contributed by atoms with Crippen molar-refractivity contribution in [3.8, 4) is 0 Å². The van der Waals surface area contributed by atoms with Crippen molar-refractivity contribution in [2.45, 2.75) is 12.8 Å². The van der Waals surface area contributed by atoms with Crippen molar-refractivity contribution in [2.24, 2.45) is 0 Å². The second kappa shape index (κ2) is 5.17. The number of aryl methyl sites for hydroxylation is 1. The number of halogens is 1. The van der Waals surface area contributed by atoms with Gasteiger partial charge >= 0.3 is 5.97 Å². The second-order valence-corrected chi connectivity index (χ2v) is 5.26. The highest BCUT2D eigenvalue weighted by molar-refractivity contribution is 6.33. The molecule has 0 aromatic heterocycles. The van der Waals surface area contributed by atoms with Crippen molar-refractivity contribution in [3.63, 3.8) is 0 Å². The maximum absolute atomic E-state index is 11.0. The summed E-state index contributed by atoms with van der Waals surface area (Å²) in [6.07, 6.45) is 2.13. The van der Waals surface area contributed by atoms with Gasteiger partial charge in [-0.15, -0.1) is 0 Å². The Bertz CT molecular complexity index is 669. The quantitative estimate of drug-likeness (QED) is 0.903. The molecule has 0 amide bonds. The van der Waals surface area contributed by atoms with Gasteiger partial charge in [0, 0.05) is 12.2 Å². The third-order valence-electron chi connectivity index (χ3n) is 3.60. The Balaban J connectivity index is 2.04. The number of nitrogens with zero attached hydrogens (tertiary/aromatic N) is 1. The Labute approximate surface area is 122 Å². The molecule has 1 aliphatic heterocycles. The molecule has 2 aromatic rings. The maximum Gasteiger partial charge on any atom is 0.335 e. The zero-order chi connectivity index (χ0) is 14.1. The normalized spacial score (nSPS) is 13.9. The fourth-order valence-electron chi connectivity index (χ4n) is 2.64. The summed E-state index contributed by atoms with van der Waals surface area (Å²) in [5.41, 5.74) is 3.54. The van der Waals surface area contributed by atoms with Crippen LogP contribution in [-0.2, 0) is 6.42 Å². The van der Waals surface area contributed by atoms with Crippen molar-refractivity contribution in [3.05, 3.63) is 58.6 Å². The van der Waals surface area contributed by atoms with Gasteiger partial charge in [0.25, 0.3) is 0 Å². The predicted octanol–water partition coefficient (Wildman–Crippen LogP) is 4.12. The molecule has 0 radical (unpaired) electrons. The molecule has 3 rings (SSSR count). The average molecular weight is 288 g/mol. The third-order valence-corrected chi connectivity index (χ3v) is 3.90. The van der Waals surface area contributed by atoms with Crippen LogP contribution in [0, 0.1) is 0 Å². The summed E-state index contributed by atoms with van der Waals surface area (Å²) < 4.78 is 0. The van der Waals surface area contributed by atoms with Crippen molar-refractivity contribution in [1.82, 2.24) is 0 Å². The number of benzene rings is 2. The van der Waals surface area contributed by atoms with Gasteiger partial charge < -0.3 is 10.0 Å². The first-order valence-corrected chi connectivity index (χ1v) is 6.93. The van der Waals surface area contributed by atoms with Crippen LogP contribution >= 0.6 is 11.6 Å². The number of hydrogen-bond acceptors (Lipinski definition) is 2. The third kappa shape index (κ3) is 2.25. The van der Waals surface area contributed by atoms with Crippen LogP contribution in [0.2, 0.25) is 5.02 Å². The summed E-state index contributed by atoms with van der Waals surface area (Å²) in [5, 5.41) is 9.47. The number of anilines is 2. The molecule has 102 valence electrons. The number of rotatable bonds is 2. The smallest absolute Gasteiger partial charge is 0.335 e. The van der Waals surface area contributed by atoms with E-state index in [1.54, 1.807) is 12.1 Å². The first kappa shape index (κ1) is 13.0. The Morgan fingerprint density at radius 1 is 1.15 bits per heavy atom. The van der Waals surface area contributed by atoms with Crippen LogP contribution < -0.4 is 4.90 Å². The Kier molecular flexibility index (Phi) is 3.36. The lowest BCUT2D eigenvalue weighted by molar-refractivity contribution is 0.0697.